The van der Waals surface area contributed by atoms with Gasteiger partial charge in [0.15, 0.2) is 0 Å². The average Bonchev–Trinajstić information content (AvgIpc) is 2.26. The molecule has 0 spiro atoms. The summed E-state index contributed by atoms with van der Waals surface area (Å²) in [6.07, 6.45) is 14.3. The largest absolute Gasteiger partial charge is 0.381 e. The van der Waals surface area contributed by atoms with E-state index in [1.807, 2.05) is 0 Å². The standard InChI is InChI=1S/C14H29O/c1-3-5-7-8-9-10-11-12-14-15-13-6-4-2/h4H,3,5-14H2,1-2H3. The van der Waals surface area contributed by atoms with E-state index < -0.39 is 0 Å². The Morgan fingerprint density at radius 2 is 1.40 bits per heavy atom. The quantitative estimate of drug-likeness (QED) is 0.425. The van der Waals surface area contributed by atoms with Gasteiger partial charge in [-0.2, -0.15) is 0 Å². The molecule has 15 heavy (non-hydrogen) atoms. The third kappa shape index (κ3) is 14.0. The molecule has 1 nitrogen and oxygen atoms in total. The van der Waals surface area contributed by atoms with E-state index in [0.29, 0.717) is 0 Å². The Labute approximate surface area is 96.6 Å². The summed E-state index contributed by atoms with van der Waals surface area (Å²) in [5, 5.41) is 0. The van der Waals surface area contributed by atoms with Crippen LogP contribution in [-0.4, -0.2) is 13.2 Å². The third-order valence-electron chi connectivity index (χ3n) is 2.69. The van der Waals surface area contributed by atoms with Crippen molar-refractivity contribution in [3.8, 4) is 0 Å². The molecule has 0 atom stereocenters. The van der Waals surface area contributed by atoms with Gasteiger partial charge in [0, 0.05) is 13.2 Å². The molecule has 0 aliphatic rings. The van der Waals surface area contributed by atoms with E-state index in [0.717, 1.165) is 19.6 Å². The second-order valence-corrected chi connectivity index (χ2v) is 4.28. The minimum atomic E-state index is 0.910. The highest BCUT2D eigenvalue weighted by Crippen LogP contribution is 2.08. The third-order valence-corrected chi connectivity index (χ3v) is 2.69. The maximum Gasteiger partial charge on any atom is 0.0468 e. The van der Waals surface area contributed by atoms with E-state index in [1.165, 1.54) is 51.4 Å². The Morgan fingerprint density at radius 1 is 0.800 bits per heavy atom. The van der Waals surface area contributed by atoms with Crippen LogP contribution in [0.15, 0.2) is 0 Å². The van der Waals surface area contributed by atoms with Gasteiger partial charge in [0.25, 0.3) is 0 Å². The summed E-state index contributed by atoms with van der Waals surface area (Å²) in [7, 11) is 0. The van der Waals surface area contributed by atoms with Crippen LogP contribution in [0.25, 0.3) is 0 Å². The molecule has 0 rings (SSSR count). The summed E-state index contributed by atoms with van der Waals surface area (Å²) >= 11 is 0. The predicted molar refractivity (Wildman–Crippen MR) is 68.0 cm³/mol. The fourth-order valence-electron chi connectivity index (χ4n) is 1.64. The molecule has 0 saturated heterocycles. The highest BCUT2D eigenvalue weighted by molar-refractivity contribution is 4.53. The van der Waals surface area contributed by atoms with Crippen LogP contribution in [0.2, 0.25) is 0 Å². The first-order chi connectivity index (χ1) is 7.41. The monoisotopic (exact) mass is 213 g/mol. The van der Waals surface area contributed by atoms with Gasteiger partial charge < -0.3 is 4.74 Å². The molecule has 0 heterocycles. The van der Waals surface area contributed by atoms with Gasteiger partial charge in [0.05, 0.1) is 0 Å². The highest BCUT2D eigenvalue weighted by atomic mass is 16.5. The second kappa shape index (κ2) is 14.0. The number of rotatable bonds is 12. The Morgan fingerprint density at radius 3 is 2.00 bits per heavy atom. The van der Waals surface area contributed by atoms with Gasteiger partial charge in [-0.05, 0) is 19.3 Å². The van der Waals surface area contributed by atoms with Crippen LogP contribution in [0.5, 0.6) is 0 Å². The van der Waals surface area contributed by atoms with Gasteiger partial charge in [0.1, 0.15) is 0 Å². The van der Waals surface area contributed by atoms with E-state index in [1.54, 1.807) is 0 Å². The van der Waals surface area contributed by atoms with Crippen molar-refractivity contribution >= 4 is 0 Å². The molecule has 0 unspecified atom stereocenters. The molecule has 0 aromatic heterocycles. The van der Waals surface area contributed by atoms with Gasteiger partial charge in [-0.1, -0.05) is 58.8 Å². The Bertz CT molecular complexity index is 89.5. The van der Waals surface area contributed by atoms with E-state index >= 15 is 0 Å². The molecule has 0 saturated carbocycles. The number of unbranched alkanes of at least 4 members (excludes halogenated alkanes) is 8. The van der Waals surface area contributed by atoms with Crippen LogP contribution in [0.1, 0.15) is 71.6 Å². The van der Waals surface area contributed by atoms with Crippen LogP contribution in [-0.2, 0) is 4.74 Å². The molecule has 1 radical (unpaired) electrons. The topological polar surface area (TPSA) is 9.23 Å². The lowest BCUT2D eigenvalue weighted by Gasteiger charge is -2.03. The van der Waals surface area contributed by atoms with Gasteiger partial charge in [-0.15, -0.1) is 0 Å². The maximum atomic E-state index is 5.49. The van der Waals surface area contributed by atoms with Gasteiger partial charge in [-0.3, -0.25) is 0 Å². The van der Waals surface area contributed by atoms with Crippen LogP contribution in [0.3, 0.4) is 0 Å². The fraction of sp³-hybridized carbons (Fsp3) is 0.929. The first-order valence-corrected chi connectivity index (χ1v) is 6.77. The summed E-state index contributed by atoms with van der Waals surface area (Å²) in [5.74, 6) is 0. The molecule has 0 aliphatic heterocycles. The van der Waals surface area contributed by atoms with Gasteiger partial charge in [-0.25, -0.2) is 0 Å². The van der Waals surface area contributed by atoms with E-state index in [9.17, 15) is 0 Å². The molecule has 0 aromatic rings. The van der Waals surface area contributed by atoms with E-state index in [-0.39, 0.29) is 0 Å². The first-order valence-electron chi connectivity index (χ1n) is 6.77. The number of hydrogen-bond donors (Lipinski definition) is 0. The summed E-state index contributed by atoms with van der Waals surface area (Å²) in [6.45, 7) is 6.22. The van der Waals surface area contributed by atoms with Crippen molar-refractivity contribution in [1.82, 2.24) is 0 Å². The molecule has 0 fully saturated rings. The Kier molecular flexibility index (Phi) is 13.9. The van der Waals surface area contributed by atoms with Crippen molar-refractivity contribution in [3.05, 3.63) is 6.42 Å². The van der Waals surface area contributed by atoms with Crippen molar-refractivity contribution in [2.75, 3.05) is 13.2 Å². The molecule has 0 amide bonds. The first kappa shape index (κ1) is 15.0. The van der Waals surface area contributed by atoms with Gasteiger partial charge >= 0.3 is 0 Å². The van der Waals surface area contributed by atoms with E-state index in [4.69, 9.17) is 4.74 Å². The minimum Gasteiger partial charge on any atom is -0.381 e. The molecule has 0 N–H and O–H groups in total. The van der Waals surface area contributed by atoms with Crippen LogP contribution in [0.4, 0.5) is 0 Å². The van der Waals surface area contributed by atoms with E-state index in [2.05, 4.69) is 20.3 Å². The predicted octanol–water partition coefficient (Wildman–Crippen LogP) is 4.76. The van der Waals surface area contributed by atoms with Crippen LogP contribution >= 0.6 is 0 Å². The molecule has 0 aromatic carbocycles. The summed E-state index contributed by atoms with van der Waals surface area (Å²) in [4.78, 5) is 0. The van der Waals surface area contributed by atoms with Crippen LogP contribution in [0, 0.1) is 6.42 Å². The zero-order chi connectivity index (χ0) is 11.2. The zero-order valence-corrected chi connectivity index (χ0v) is 10.8. The smallest absolute Gasteiger partial charge is 0.0468 e. The van der Waals surface area contributed by atoms with Crippen molar-refractivity contribution in [1.29, 1.82) is 0 Å². The maximum absolute atomic E-state index is 5.49. The average molecular weight is 213 g/mol. The van der Waals surface area contributed by atoms with Crippen molar-refractivity contribution < 1.29 is 4.74 Å². The molecular weight excluding hydrogens is 184 g/mol. The highest BCUT2D eigenvalue weighted by Gasteiger charge is 1.92. The van der Waals surface area contributed by atoms with Crippen LogP contribution < -0.4 is 0 Å². The molecule has 1 heteroatoms. The number of hydrogen-bond acceptors (Lipinski definition) is 1. The number of ether oxygens (including phenoxy) is 1. The normalized spacial score (nSPS) is 10.8. The minimum absolute atomic E-state index is 0.910. The lowest BCUT2D eigenvalue weighted by Crippen LogP contribution is -1.96. The van der Waals surface area contributed by atoms with Crippen molar-refractivity contribution in [2.45, 2.75) is 71.6 Å². The molecular formula is C14H29O. The molecule has 91 valence electrons. The summed E-state index contributed by atoms with van der Waals surface area (Å²) in [6, 6.07) is 0. The zero-order valence-electron chi connectivity index (χ0n) is 10.8. The lowest BCUT2D eigenvalue weighted by molar-refractivity contribution is 0.132. The second-order valence-electron chi connectivity index (χ2n) is 4.28. The summed E-state index contributed by atoms with van der Waals surface area (Å²) < 4.78 is 5.49. The van der Waals surface area contributed by atoms with Crippen molar-refractivity contribution in [3.63, 3.8) is 0 Å². The van der Waals surface area contributed by atoms with Crippen molar-refractivity contribution in [2.24, 2.45) is 0 Å². The lowest BCUT2D eigenvalue weighted by atomic mass is 10.1. The Hall–Kier alpha value is -0.0400. The molecule has 0 bridgehead atoms. The SMILES string of the molecule is C[CH]CCOCCCCCCCCCC. The Balaban J connectivity index is 2.81. The fourth-order valence-corrected chi connectivity index (χ4v) is 1.64. The molecule has 0 aliphatic carbocycles. The van der Waals surface area contributed by atoms with Gasteiger partial charge in [0.2, 0.25) is 0 Å². The summed E-state index contributed by atoms with van der Waals surface area (Å²) in [5.41, 5.74) is 0.